The van der Waals surface area contributed by atoms with E-state index in [1.54, 1.807) is 30.5 Å². The molecule has 0 fully saturated rings. The maximum Gasteiger partial charge on any atom is 0.338 e. The number of ether oxygens (including phenoxy) is 1. The first-order valence-electron chi connectivity index (χ1n) is 12.9. The predicted molar refractivity (Wildman–Crippen MR) is 157 cm³/mol. The zero-order chi connectivity index (χ0) is 28.0. The Hall–Kier alpha value is -4.08. The van der Waals surface area contributed by atoms with Crippen molar-refractivity contribution < 1.29 is 13.9 Å². The Kier molecular flexibility index (Phi) is 6.85. The lowest BCUT2D eigenvalue weighted by Crippen LogP contribution is -2.39. The van der Waals surface area contributed by atoms with E-state index < -0.39 is 12.0 Å². The third kappa shape index (κ3) is 4.35. The number of carbonyl (C=O) groups is 1. The van der Waals surface area contributed by atoms with Crippen LogP contribution in [0.4, 0.5) is 4.39 Å². The number of benzene rings is 2. The number of fused-ring (bicyclic) bond motifs is 2. The van der Waals surface area contributed by atoms with Gasteiger partial charge in [-0.3, -0.25) is 9.36 Å². The van der Waals surface area contributed by atoms with Gasteiger partial charge in [-0.2, -0.15) is 0 Å². The van der Waals surface area contributed by atoms with Crippen molar-refractivity contribution in [2.45, 2.75) is 33.4 Å². The molecule has 6 rings (SSSR count). The molecule has 0 unspecified atom stereocenters. The van der Waals surface area contributed by atoms with Gasteiger partial charge in [-0.25, -0.2) is 14.2 Å². The van der Waals surface area contributed by atoms with Crippen LogP contribution in [0, 0.1) is 12.7 Å². The SMILES string of the molecule is CCOC(=O)C1=C(C)N=c2s/c(=C\c3c(C)n(Cc4ccccc4F)c4ccccc34)c(=O)n2[C@H]1c1cccs1. The number of carbonyl (C=O) groups excluding carboxylic acids is 1. The Labute approximate surface area is 237 Å². The predicted octanol–water partition coefficient (Wildman–Crippen LogP) is 5.31. The van der Waals surface area contributed by atoms with Crippen molar-refractivity contribution in [3.05, 3.63) is 125 Å². The highest BCUT2D eigenvalue weighted by Crippen LogP contribution is 2.33. The zero-order valence-electron chi connectivity index (χ0n) is 22.2. The molecule has 1 aliphatic rings. The van der Waals surface area contributed by atoms with E-state index in [1.807, 2.05) is 60.8 Å². The average molecular weight is 572 g/mol. The number of esters is 1. The summed E-state index contributed by atoms with van der Waals surface area (Å²) in [6.07, 6.45) is 1.90. The van der Waals surface area contributed by atoms with Crippen LogP contribution in [0.5, 0.6) is 0 Å². The molecule has 0 aliphatic carbocycles. The fourth-order valence-corrected chi connectivity index (χ4v) is 7.13. The van der Waals surface area contributed by atoms with E-state index in [0.717, 1.165) is 27.0 Å². The second-order valence-electron chi connectivity index (χ2n) is 9.51. The van der Waals surface area contributed by atoms with Gasteiger partial charge in [0.05, 0.1) is 29.0 Å². The standard InChI is InChI=1S/C31H26FN3O3S2/c1-4-38-30(37)27-18(2)33-31-35(28(27)25-14-9-15-39-25)29(36)26(40-31)16-22-19(3)34(24-13-8-6-11-21(22)24)17-20-10-5-7-12-23(20)32/h5-16,28H,4,17H2,1-3H3/b26-16-/t28-/m0/s1. The van der Waals surface area contributed by atoms with E-state index in [9.17, 15) is 14.0 Å². The molecule has 202 valence electrons. The summed E-state index contributed by atoms with van der Waals surface area (Å²) in [5.41, 5.74) is 4.07. The number of hydrogen-bond acceptors (Lipinski definition) is 6. The Morgan fingerprint density at radius 2 is 1.88 bits per heavy atom. The van der Waals surface area contributed by atoms with Crippen molar-refractivity contribution in [3.8, 4) is 0 Å². The lowest BCUT2D eigenvalue weighted by Gasteiger charge is -2.23. The number of para-hydroxylation sites is 1. The molecule has 5 aromatic rings. The third-order valence-electron chi connectivity index (χ3n) is 7.17. The summed E-state index contributed by atoms with van der Waals surface area (Å²) in [6, 6.07) is 17.9. The van der Waals surface area contributed by atoms with Crippen molar-refractivity contribution in [1.82, 2.24) is 9.13 Å². The monoisotopic (exact) mass is 571 g/mol. The molecule has 0 radical (unpaired) electrons. The maximum absolute atomic E-state index is 14.6. The first kappa shape index (κ1) is 26.2. The van der Waals surface area contributed by atoms with Crippen LogP contribution >= 0.6 is 22.7 Å². The highest BCUT2D eigenvalue weighted by Gasteiger charge is 2.34. The normalized spacial score (nSPS) is 15.4. The van der Waals surface area contributed by atoms with Crippen LogP contribution in [-0.2, 0) is 16.1 Å². The van der Waals surface area contributed by atoms with E-state index in [0.29, 0.717) is 32.7 Å². The molecule has 6 nitrogen and oxygen atoms in total. The van der Waals surface area contributed by atoms with Gasteiger partial charge in [0.2, 0.25) is 0 Å². The molecule has 0 saturated carbocycles. The number of halogens is 1. The van der Waals surface area contributed by atoms with E-state index >= 15 is 0 Å². The average Bonchev–Trinajstić information content (AvgIpc) is 3.64. The van der Waals surface area contributed by atoms with E-state index in [-0.39, 0.29) is 18.0 Å². The van der Waals surface area contributed by atoms with Crippen LogP contribution in [-0.4, -0.2) is 21.7 Å². The van der Waals surface area contributed by atoms with Gasteiger partial charge in [0.15, 0.2) is 4.80 Å². The number of thiazole rings is 1. The summed E-state index contributed by atoms with van der Waals surface area (Å²) in [5.74, 6) is -0.723. The number of allylic oxidation sites excluding steroid dienone is 1. The zero-order valence-corrected chi connectivity index (χ0v) is 23.8. The van der Waals surface area contributed by atoms with Gasteiger partial charge < -0.3 is 9.30 Å². The maximum atomic E-state index is 14.6. The third-order valence-corrected chi connectivity index (χ3v) is 9.08. The van der Waals surface area contributed by atoms with Crippen molar-refractivity contribution in [2.75, 3.05) is 6.61 Å². The van der Waals surface area contributed by atoms with E-state index in [2.05, 4.69) is 9.56 Å². The summed E-state index contributed by atoms with van der Waals surface area (Å²) in [7, 11) is 0. The van der Waals surface area contributed by atoms with Gasteiger partial charge in [0, 0.05) is 32.6 Å². The van der Waals surface area contributed by atoms with Crippen LogP contribution in [0.1, 0.15) is 41.6 Å². The van der Waals surface area contributed by atoms with Gasteiger partial charge in [0.1, 0.15) is 11.9 Å². The molecule has 2 aromatic carbocycles. The Balaban J connectivity index is 1.54. The van der Waals surface area contributed by atoms with Gasteiger partial charge in [0.25, 0.3) is 5.56 Å². The van der Waals surface area contributed by atoms with Crippen molar-refractivity contribution >= 4 is 45.6 Å². The first-order valence-corrected chi connectivity index (χ1v) is 14.6. The first-order chi connectivity index (χ1) is 19.4. The molecule has 9 heteroatoms. The number of rotatable bonds is 6. The molecule has 0 amide bonds. The molecule has 0 spiro atoms. The molecule has 4 heterocycles. The smallest absolute Gasteiger partial charge is 0.338 e. The quantitative estimate of drug-likeness (QED) is 0.260. The minimum absolute atomic E-state index is 0.221. The van der Waals surface area contributed by atoms with Crippen molar-refractivity contribution in [1.29, 1.82) is 0 Å². The van der Waals surface area contributed by atoms with Crippen LogP contribution in [0.15, 0.2) is 87.1 Å². The van der Waals surface area contributed by atoms with Crippen LogP contribution < -0.4 is 14.9 Å². The van der Waals surface area contributed by atoms with Gasteiger partial charge in [-0.15, -0.1) is 11.3 Å². The van der Waals surface area contributed by atoms with Crippen molar-refractivity contribution in [3.63, 3.8) is 0 Å². The second-order valence-corrected chi connectivity index (χ2v) is 11.5. The van der Waals surface area contributed by atoms with Crippen LogP contribution in [0.2, 0.25) is 0 Å². The topological polar surface area (TPSA) is 65.6 Å². The van der Waals surface area contributed by atoms with Gasteiger partial charge in [-0.05, 0) is 50.4 Å². The lowest BCUT2D eigenvalue weighted by molar-refractivity contribution is -0.139. The van der Waals surface area contributed by atoms with E-state index in [1.165, 1.54) is 28.7 Å². The minimum Gasteiger partial charge on any atom is -0.463 e. The minimum atomic E-state index is -0.610. The molecule has 3 aromatic heterocycles. The Bertz CT molecular complexity index is 1980. The van der Waals surface area contributed by atoms with Gasteiger partial charge >= 0.3 is 5.97 Å². The summed E-state index contributed by atoms with van der Waals surface area (Å²) < 4.78 is 24.1. The highest BCUT2D eigenvalue weighted by atomic mass is 32.1. The molecule has 0 bridgehead atoms. The highest BCUT2D eigenvalue weighted by molar-refractivity contribution is 7.10. The molecule has 0 saturated heterocycles. The summed E-state index contributed by atoms with van der Waals surface area (Å²) in [6.45, 7) is 6.13. The largest absolute Gasteiger partial charge is 0.463 e. The molecular weight excluding hydrogens is 545 g/mol. The fourth-order valence-electron chi connectivity index (χ4n) is 5.28. The molecule has 0 N–H and O–H groups in total. The number of aromatic nitrogens is 2. The molecular formula is C31H26FN3O3S2. The fraction of sp³-hybridized carbons (Fsp3) is 0.194. The number of hydrogen-bond donors (Lipinski definition) is 0. The second kappa shape index (κ2) is 10.5. The van der Waals surface area contributed by atoms with E-state index in [4.69, 9.17) is 4.74 Å². The van der Waals surface area contributed by atoms with Gasteiger partial charge in [-0.1, -0.05) is 53.8 Å². The van der Waals surface area contributed by atoms with Crippen molar-refractivity contribution in [2.24, 2.45) is 4.99 Å². The van der Waals surface area contributed by atoms with Crippen LogP contribution in [0.3, 0.4) is 0 Å². The summed E-state index contributed by atoms with van der Waals surface area (Å²) >= 11 is 2.78. The molecule has 1 aliphatic heterocycles. The molecule has 1 atom stereocenters. The lowest BCUT2D eigenvalue weighted by atomic mass is 10.0. The summed E-state index contributed by atoms with van der Waals surface area (Å²) in [5, 5.41) is 2.90. The number of thiophene rings is 1. The molecule has 40 heavy (non-hydrogen) atoms. The Morgan fingerprint density at radius 1 is 1.10 bits per heavy atom. The summed E-state index contributed by atoms with van der Waals surface area (Å²) in [4.78, 5) is 33.1. The Morgan fingerprint density at radius 3 is 2.62 bits per heavy atom. The van der Waals surface area contributed by atoms with Crippen LogP contribution in [0.25, 0.3) is 17.0 Å². The number of nitrogens with zero attached hydrogens (tertiary/aromatic N) is 3.